The molecule has 1 saturated heterocycles. The molecule has 5 heteroatoms. The Bertz CT molecular complexity index is 496. The highest BCUT2D eigenvalue weighted by Gasteiger charge is 2.49. The molecule has 3 rings (SSSR count). The van der Waals surface area contributed by atoms with E-state index in [9.17, 15) is 9.59 Å². The van der Waals surface area contributed by atoms with Crippen molar-refractivity contribution in [2.75, 3.05) is 6.61 Å². The van der Waals surface area contributed by atoms with Gasteiger partial charge in [0.2, 0.25) is 0 Å². The van der Waals surface area contributed by atoms with Gasteiger partial charge in [-0.2, -0.15) is 0 Å². The van der Waals surface area contributed by atoms with Gasteiger partial charge >= 0.3 is 6.16 Å². The number of hydrogen-bond donors (Lipinski definition) is 0. The number of amides is 1. The average molecular weight is 289 g/mol. The molecule has 3 atom stereocenters. The van der Waals surface area contributed by atoms with Crippen molar-refractivity contribution in [1.29, 1.82) is 0 Å². The van der Waals surface area contributed by atoms with E-state index in [4.69, 9.17) is 9.57 Å². The molecule has 2 aliphatic carbocycles. The minimum atomic E-state index is -0.818. The topological polar surface area (TPSA) is 55.8 Å². The Hall–Kier alpha value is -1.96. The van der Waals surface area contributed by atoms with Gasteiger partial charge in [0.1, 0.15) is 0 Å². The second kappa shape index (κ2) is 5.80. The lowest BCUT2D eigenvalue weighted by atomic mass is 10.1. The SMILES string of the molecule is C=C1CCC(=O)N1OC(=O)OC[C@@H]1[C@@H]2CCC#CCC[C@@H]21. The summed E-state index contributed by atoms with van der Waals surface area (Å²) in [5, 5.41) is 0.951. The lowest BCUT2D eigenvalue weighted by Gasteiger charge is -2.15. The third kappa shape index (κ3) is 3.05. The number of carbonyl (C=O) groups excluding carboxylic acids is 2. The van der Waals surface area contributed by atoms with Crippen LogP contribution in [0.1, 0.15) is 38.5 Å². The zero-order valence-corrected chi connectivity index (χ0v) is 12.0. The van der Waals surface area contributed by atoms with Gasteiger partial charge in [-0.15, -0.1) is 16.9 Å². The van der Waals surface area contributed by atoms with Crippen molar-refractivity contribution in [3.8, 4) is 11.8 Å². The van der Waals surface area contributed by atoms with Gasteiger partial charge in [0.05, 0.1) is 12.3 Å². The first kappa shape index (κ1) is 14.0. The molecule has 1 amide bonds. The van der Waals surface area contributed by atoms with Gasteiger partial charge < -0.3 is 4.74 Å². The molecule has 0 aromatic heterocycles. The number of carbonyl (C=O) groups is 2. The molecule has 21 heavy (non-hydrogen) atoms. The predicted molar refractivity (Wildman–Crippen MR) is 74.4 cm³/mol. The summed E-state index contributed by atoms with van der Waals surface area (Å²) in [6.07, 6.45) is 4.08. The number of allylic oxidation sites excluding steroid dienone is 1. The van der Waals surface area contributed by atoms with Gasteiger partial charge in [0, 0.05) is 19.3 Å². The number of hydroxylamine groups is 2. The van der Waals surface area contributed by atoms with E-state index in [-0.39, 0.29) is 5.91 Å². The van der Waals surface area contributed by atoms with E-state index in [0.29, 0.717) is 42.9 Å². The van der Waals surface area contributed by atoms with E-state index in [1.807, 2.05) is 0 Å². The fourth-order valence-corrected chi connectivity index (χ4v) is 3.29. The number of ether oxygens (including phenoxy) is 1. The van der Waals surface area contributed by atoms with Crippen molar-refractivity contribution < 1.29 is 19.2 Å². The van der Waals surface area contributed by atoms with Crippen LogP contribution in [0.15, 0.2) is 12.3 Å². The molecule has 2 fully saturated rings. The lowest BCUT2D eigenvalue weighted by Crippen LogP contribution is -2.27. The Kier molecular flexibility index (Phi) is 3.87. The van der Waals surface area contributed by atoms with E-state index in [2.05, 4.69) is 18.4 Å². The molecule has 1 heterocycles. The molecule has 0 N–H and O–H groups in total. The largest absolute Gasteiger partial charge is 0.533 e. The second-order valence-corrected chi connectivity index (χ2v) is 5.83. The molecule has 0 unspecified atom stereocenters. The van der Waals surface area contributed by atoms with Crippen LogP contribution in [0.5, 0.6) is 0 Å². The van der Waals surface area contributed by atoms with Gasteiger partial charge in [-0.25, -0.2) is 4.79 Å². The number of fused-ring (bicyclic) bond motifs is 1. The van der Waals surface area contributed by atoms with Crippen LogP contribution in [0.2, 0.25) is 0 Å². The average Bonchev–Trinajstić information content (AvgIpc) is 2.98. The Labute approximate surface area is 124 Å². The fraction of sp³-hybridized carbons (Fsp3) is 0.625. The van der Waals surface area contributed by atoms with Gasteiger partial charge in [-0.3, -0.25) is 9.63 Å². The zero-order chi connectivity index (χ0) is 14.8. The Morgan fingerprint density at radius 1 is 1.24 bits per heavy atom. The molecule has 0 bridgehead atoms. The van der Waals surface area contributed by atoms with Crippen LogP contribution in [0, 0.1) is 29.6 Å². The quantitative estimate of drug-likeness (QED) is 0.592. The van der Waals surface area contributed by atoms with Gasteiger partial charge in [0.25, 0.3) is 5.91 Å². The van der Waals surface area contributed by atoms with Crippen molar-refractivity contribution >= 4 is 12.1 Å². The minimum absolute atomic E-state index is 0.248. The second-order valence-electron chi connectivity index (χ2n) is 5.83. The van der Waals surface area contributed by atoms with E-state index < -0.39 is 6.16 Å². The van der Waals surface area contributed by atoms with Crippen LogP contribution >= 0.6 is 0 Å². The Morgan fingerprint density at radius 2 is 1.90 bits per heavy atom. The maximum Gasteiger partial charge on any atom is 0.533 e. The first-order chi connectivity index (χ1) is 10.2. The Balaban J connectivity index is 1.43. The van der Waals surface area contributed by atoms with Gasteiger partial charge in [-0.1, -0.05) is 6.58 Å². The van der Waals surface area contributed by atoms with Crippen molar-refractivity contribution in [2.45, 2.75) is 38.5 Å². The van der Waals surface area contributed by atoms with E-state index in [1.165, 1.54) is 0 Å². The molecule has 0 aromatic carbocycles. The highest BCUT2D eigenvalue weighted by atomic mass is 16.8. The van der Waals surface area contributed by atoms with Gasteiger partial charge in [-0.05, 0) is 37.0 Å². The van der Waals surface area contributed by atoms with Crippen LogP contribution in [0.25, 0.3) is 0 Å². The summed E-state index contributed by atoms with van der Waals surface area (Å²) in [4.78, 5) is 28.0. The third-order valence-electron chi connectivity index (χ3n) is 4.54. The summed E-state index contributed by atoms with van der Waals surface area (Å²) in [5.74, 6) is 7.71. The van der Waals surface area contributed by atoms with E-state index in [0.717, 1.165) is 30.7 Å². The molecular weight excluding hydrogens is 270 g/mol. The summed E-state index contributed by atoms with van der Waals surface area (Å²) >= 11 is 0. The molecule has 1 saturated carbocycles. The molecule has 0 spiro atoms. The smallest absolute Gasteiger partial charge is 0.432 e. The molecule has 0 aromatic rings. The summed E-state index contributed by atoms with van der Waals surface area (Å²) in [5.41, 5.74) is 0.502. The zero-order valence-electron chi connectivity index (χ0n) is 12.0. The van der Waals surface area contributed by atoms with Crippen molar-refractivity contribution in [3.63, 3.8) is 0 Å². The first-order valence-electron chi connectivity index (χ1n) is 7.48. The van der Waals surface area contributed by atoms with Crippen molar-refractivity contribution in [3.05, 3.63) is 12.3 Å². The van der Waals surface area contributed by atoms with Crippen LogP contribution in [0.4, 0.5) is 4.79 Å². The van der Waals surface area contributed by atoms with Gasteiger partial charge in [0.15, 0.2) is 0 Å². The summed E-state index contributed by atoms with van der Waals surface area (Å²) < 4.78 is 5.16. The molecule has 0 radical (unpaired) electrons. The standard InChI is InChI=1S/C16H19NO4/c1-11-8-9-15(18)17(11)21-16(19)20-10-14-12-6-4-2-3-5-7-13(12)14/h12-14H,1,4-10H2/t12-,13+,14-. The van der Waals surface area contributed by atoms with Crippen LogP contribution in [0.3, 0.4) is 0 Å². The number of nitrogens with zero attached hydrogens (tertiary/aromatic N) is 1. The predicted octanol–water partition coefficient (Wildman–Crippen LogP) is 2.63. The molecular formula is C16H19NO4. The lowest BCUT2D eigenvalue weighted by molar-refractivity contribution is -0.158. The summed E-state index contributed by atoms with van der Waals surface area (Å²) in [6.45, 7) is 4.05. The fourth-order valence-electron chi connectivity index (χ4n) is 3.29. The number of hydrogen-bond acceptors (Lipinski definition) is 4. The summed E-state index contributed by atoms with van der Waals surface area (Å²) in [7, 11) is 0. The Morgan fingerprint density at radius 3 is 2.48 bits per heavy atom. The highest BCUT2D eigenvalue weighted by Crippen LogP contribution is 2.52. The maximum absolute atomic E-state index is 11.7. The molecule has 5 nitrogen and oxygen atoms in total. The maximum atomic E-state index is 11.7. The van der Waals surface area contributed by atoms with E-state index in [1.54, 1.807) is 0 Å². The third-order valence-corrected chi connectivity index (χ3v) is 4.54. The van der Waals surface area contributed by atoms with Crippen LogP contribution in [-0.2, 0) is 14.4 Å². The van der Waals surface area contributed by atoms with Crippen LogP contribution < -0.4 is 0 Å². The molecule has 3 aliphatic rings. The van der Waals surface area contributed by atoms with Crippen molar-refractivity contribution in [1.82, 2.24) is 5.06 Å². The van der Waals surface area contributed by atoms with Crippen molar-refractivity contribution in [2.24, 2.45) is 17.8 Å². The first-order valence-corrected chi connectivity index (χ1v) is 7.48. The minimum Gasteiger partial charge on any atom is -0.432 e. The van der Waals surface area contributed by atoms with E-state index >= 15 is 0 Å². The molecule has 112 valence electrons. The monoisotopic (exact) mass is 289 g/mol. The van der Waals surface area contributed by atoms with Crippen LogP contribution in [-0.4, -0.2) is 23.7 Å². The normalized spacial score (nSPS) is 30.7. The number of rotatable bonds is 3. The molecule has 1 aliphatic heterocycles. The highest BCUT2D eigenvalue weighted by molar-refractivity contribution is 5.81. The summed E-state index contributed by atoms with van der Waals surface area (Å²) in [6, 6.07) is 0.